The van der Waals surface area contributed by atoms with Crippen molar-refractivity contribution in [1.29, 1.82) is 0 Å². The molecule has 0 atom stereocenters. The van der Waals surface area contributed by atoms with Crippen LogP contribution in [0.2, 0.25) is 0 Å². The Morgan fingerprint density at radius 1 is 1.35 bits per heavy atom. The number of fused-ring (bicyclic) bond motifs is 1. The fraction of sp³-hybridized carbons (Fsp3) is 0.200. The maximum atomic E-state index is 12.5. The number of benzene rings is 1. The maximum absolute atomic E-state index is 12.5. The molecular weight excluding hydrogens is 296 g/mol. The summed E-state index contributed by atoms with van der Waals surface area (Å²) in [5, 5.41) is 7.91. The predicted octanol–water partition coefficient (Wildman–Crippen LogP) is 1.60. The van der Waals surface area contributed by atoms with Gasteiger partial charge in [-0.1, -0.05) is 0 Å². The summed E-state index contributed by atoms with van der Waals surface area (Å²) in [6, 6.07) is 3.51. The second-order valence-electron chi connectivity index (χ2n) is 4.93. The molecule has 118 valence electrons. The van der Waals surface area contributed by atoms with Gasteiger partial charge in [-0.25, -0.2) is 9.97 Å². The topological polar surface area (TPSA) is 108 Å². The normalized spacial score (nSPS) is 10.7. The second kappa shape index (κ2) is 5.91. The van der Waals surface area contributed by atoms with Crippen LogP contribution in [0.1, 0.15) is 17.3 Å². The van der Waals surface area contributed by atoms with Gasteiger partial charge in [-0.2, -0.15) is 5.10 Å². The third-order valence-electron chi connectivity index (χ3n) is 3.19. The Bertz CT molecular complexity index is 856. The van der Waals surface area contributed by atoms with Crippen LogP contribution in [0.25, 0.3) is 10.9 Å². The van der Waals surface area contributed by atoms with E-state index in [0.717, 1.165) is 10.9 Å². The smallest absolute Gasteiger partial charge is 0.259 e. The van der Waals surface area contributed by atoms with Gasteiger partial charge in [-0.05, 0) is 13.0 Å². The number of aromatic nitrogens is 4. The predicted molar refractivity (Wildman–Crippen MR) is 86.3 cm³/mol. The highest BCUT2D eigenvalue weighted by atomic mass is 16.5. The zero-order chi connectivity index (χ0) is 16.4. The van der Waals surface area contributed by atoms with Crippen LogP contribution in [0.3, 0.4) is 0 Å². The molecule has 0 bridgehead atoms. The summed E-state index contributed by atoms with van der Waals surface area (Å²) in [5.41, 5.74) is 7.08. The first kappa shape index (κ1) is 14.8. The number of nitrogens with two attached hydrogens (primary N) is 1. The quantitative estimate of drug-likeness (QED) is 0.757. The number of anilines is 2. The molecule has 8 heteroatoms. The fourth-order valence-corrected chi connectivity index (χ4v) is 2.23. The van der Waals surface area contributed by atoms with Crippen molar-refractivity contribution in [3.63, 3.8) is 0 Å². The molecule has 3 rings (SSSR count). The average Bonchev–Trinajstić information content (AvgIpc) is 2.88. The van der Waals surface area contributed by atoms with Crippen molar-refractivity contribution in [2.75, 3.05) is 17.7 Å². The first-order valence-electron chi connectivity index (χ1n) is 7.06. The highest BCUT2D eigenvalue weighted by Gasteiger charge is 2.16. The van der Waals surface area contributed by atoms with E-state index in [0.29, 0.717) is 23.6 Å². The van der Waals surface area contributed by atoms with Crippen molar-refractivity contribution in [3.8, 4) is 5.75 Å². The summed E-state index contributed by atoms with van der Waals surface area (Å²) in [5.74, 6) is 0.315. The van der Waals surface area contributed by atoms with Crippen LogP contribution in [0.15, 0.2) is 30.7 Å². The number of aryl methyl sites for hydroxylation is 1. The van der Waals surface area contributed by atoms with E-state index in [-0.39, 0.29) is 11.9 Å². The molecule has 0 aliphatic heterocycles. The summed E-state index contributed by atoms with van der Waals surface area (Å²) in [7, 11) is 1.83. The third-order valence-corrected chi connectivity index (χ3v) is 3.19. The van der Waals surface area contributed by atoms with E-state index >= 15 is 0 Å². The summed E-state index contributed by atoms with van der Waals surface area (Å²) >= 11 is 0. The summed E-state index contributed by atoms with van der Waals surface area (Å²) in [6.07, 6.45) is 4.74. The molecule has 0 unspecified atom stereocenters. The lowest BCUT2D eigenvalue weighted by atomic mass is 10.1. The lowest BCUT2D eigenvalue weighted by molar-refractivity contribution is 0.102. The van der Waals surface area contributed by atoms with Gasteiger partial charge in [0, 0.05) is 24.7 Å². The van der Waals surface area contributed by atoms with Crippen LogP contribution in [0.5, 0.6) is 5.75 Å². The number of hydrogen-bond donors (Lipinski definition) is 2. The molecule has 3 N–H and O–H groups in total. The van der Waals surface area contributed by atoms with Gasteiger partial charge in [0.1, 0.15) is 5.75 Å². The SMILES string of the molecule is CCOc1cc2nn(C)cc2cc1C(=O)Nc1cnc(N)nc1. The molecule has 2 aromatic heterocycles. The molecule has 1 aromatic carbocycles. The van der Waals surface area contributed by atoms with Crippen LogP contribution in [-0.4, -0.2) is 32.3 Å². The Balaban J connectivity index is 1.97. The van der Waals surface area contributed by atoms with Crippen LogP contribution in [-0.2, 0) is 7.05 Å². The largest absolute Gasteiger partial charge is 0.493 e. The van der Waals surface area contributed by atoms with Crippen molar-refractivity contribution < 1.29 is 9.53 Å². The molecule has 0 radical (unpaired) electrons. The molecule has 23 heavy (non-hydrogen) atoms. The number of carbonyl (C=O) groups excluding carboxylic acids is 1. The molecule has 0 saturated carbocycles. The molecule has 3 aromatic rings. The monoisotopic (exact) mass is 312 g/mol. The van der Waals surface area contributed by atoms with E-state index in [2.05, 4.69) is 20.4 Å². The van der Waals surface area contributed by atoms with Crippen molar-refractivity contribution in [1.82, 2.24) is 19.7 Å². The molecule has 1 amide bonds. The molecular formula is C15H16N6O2. The number of rotatable bonds is 4. The third kappa shape index (κ3) is 3.05. The minimum absolute atomic E-state index is 0.148. The molecule has 8 nitrogen and oxygen atoms in total. The van der Waals surface area contributed by atoms with Gasteiger partial charge in [-0.3, -0.25) is 9.48 Å². The highest BCUT2D eigenvalue weighted by Crippen LogP contribution is 2.26. The lowest BCUT2D eigenvalue weighted by Crippen LogP contribution is -2.14. The van der Waals surface area contributed by atoms with Gasteiger partial charge >= 0.3 is 0 Å². The molecule has 0 aliphatic carbocycles. The summed E-state index contributed by atoms with van der Waals surface area (Å²) < 4.78 is 7.26. The van der Waals surface area contributed by atoms with E-state index in [1.54, 1.807) is 16.8 Å². The Morgan fingerprint density at radius 3 is 2.78 bits per heavy atom. The van der Waals surface area contributed by atoms with Crippen molar-refractivity contribution >= 4 is 28.4 Å². The van der Waals surface area contributed by atoms with Crippen LogP contribution < -0.4 is 15.8 Å². The Hall–Kier alpha value is -3.16. The van der Waals surface area contributed by atoms with Crippen LogP contribution in [0.4, 0.5) is 11.6 Å². The minimum Gasteiger partial charge on any atom is -0.493 e. The van der Waals surface area contributed by atoms with E-state index in [1.165, 1.54) is 12.4 Å². The maximum Gasteiger partial charge on any atom is 0.259 e. The van der Waals surface area contributed by atoms with E-state index in [9.17, 15) is 4.79 Å². The van der Waals surface area contributed by atoms with E-state index in [4.69, 9.17) is 10.5 Å². The van der Waals surface area contributed by atoms with Crippen molar-refractivity contribution in [3.05, 3.63) is 36.3 Å². The number of hydrogen-bond acceptors (Lipinski definition) is 6. The Labute approximate surface area is 132 Å². The average molecular weight is 312 g/mol. The molecule has 0 saturated heterocycles. The number of nitrogen functional groups attached to an aromatic ring is 1. The highest BCUT2D eigenvalue weighted by molar-refractivity contribution is 6.08. The molecule has 0 aliphatic rings. The zero-order valence-electron chi connectivity index (χ0n) is 12.8. The van der Waals surface area contributed by atoms with Gasteiger partial charge < -0.3 is 15.8 Å². The van der Waals surface area contributed by atoms with Crippen molar-refractivity contribution in [2.24, 2.45) is 7.05 Å². The van der Waals surface area contributed by atoms with E-state index in [1.807, 2.05) is 20.2 Å². The molecule has 0 fully saturated rings. The minimum atomic E-state index is -0.312. The molecule has 0 spiro atoms. The number of nitrogens with one attached hydrogen (secondary N) is 1. The first-order chi connectivity index (χ1) is 11.1. The fourth-order valence-electron chi connectivity index (χ4n) is 2.23. The van der Waals surface area contributed by atoms with E-state index < -0.39 is 0 Å². The first-order valence-corrected chi connectivity index (χ1v) is 7.06. The molecule has 2 heterocycles. The number of ether oxygens (including phenoxy) is 1. The van der Waals surface area contributed by atoms with Gasteiger partial charge in [0.15, 0.2) is 0 Å². The number of nitrogens with zero attached hydrogens (tertiary/aromatic N) is 4. The number of amides is 1. The number of carbonyl (C=O) groups is 1. The van der Waals surface area contributed by atoms with Gasteiger partial charge in [-0.15, -0.1) is 0 Å². The van der Waals surface area contributed by atoms with Gasteiger partial charge in [0.25, 0.3) is 5.91 Å². The Morgan fingerprint density at radius 2 is 2.09 bits per heavy atom. The zero-order valence-corrected chi connectivity index (χ0v) is 12.8. The summed E-state index contributed by atoms with van der Waals surface area (Å²) in [6.45, 7) is 2.31. The Kier molecular flexibility index (Phi) is 3.80. The lowest BCUT2D eigenvalue weighted by Gasteiger charge is -2.10. The standard InChI is InChI=1S/C15H16N6O2/c1-3-23-13-5-12-9(8-21(2)20-12)4-11(13)14(22)19-10-6-17-15(16)18-7-10/h4-8H,3H2,1-2H3,(H,19,22)(H2,16,17,18). The summed E-state index contributed by atoms with van der Waals surface area (Å²) in [4.78, 5) is 20.2. The van der Waals surface area contributed by atoms with Crippen LogP contribution in [0, 0.1) is 0 Å². The second-order valence-corrected chi connectivity index (χ2v) is 4.93. The van der Waals surface area contributed by atoms with Crippen LogP contribution >= 0.6 is 0 Å². The van der Waals surface area contributed by atoms with Gasteiger partial charge in [0.2, 0.25) is 5.95 Å². The van der Waals surface area contributed by atoms with Gasteiger partial charge in [0.05, 0.1) is 35.8 Å². The van der Waals surface area contributed by atoms with Crippen molar-refractivity contribution in [2.45, 2.75) is 6.92 Å².